The molecule has 17 heavy (non-hydrogen) atoms. The van der Waals surface area contributed by atoms with E-state index >= 15 is 0 Å². The van der Waals surface area contributed by atoms with Gasteiger partial charge in [0.25, 0.3) is 0 Å². The molecule has 0 aromatic rings. The second kappa shape index (κ2) is 5.84. The highest BCUT2D eigenvalue weighted by Crippen LogP contribution is 2.31. The van der Waals surface area contributed by atoms with E-state index in [-0.39, 0.29) is 6.61 Å². The number of esters is 1. The second-order valence-corrected chi connectivity index (χ2v) is 3.98. The van der Waals surface area contributed by atoms with Gasteiger partial charge in [-0.3, -0.25) is 0 Å². The molecule has 0 spiro atoms. The highest BCUT2D eigenvalue weighted by atomic mass is 16.7. The Morgan fingerprint density at radius 3 is 2.82 bits per heavy atom. The number of hydrogen-bond donors (Lipinski definition) is 0. The van der Waals surface area contributed by atoms with Gasteiger partial charge in [-0.15, -0.1) is 0 Å². The Labute approximate surface area is 101 Å². The predicted molar refractivity (Wildman–Crippen MR) is 61.2 cm³/mol. The summed E-state index contributed by atoms with van der Waals surface area (Å²) in [7, 11) is 3.07. The van der Waals surface area contributed by atoms with Crippen LogP contribution in [0.4, 0.5) is 0 Å². The summed E-state index contributed by atoms with van der Waals surface area (Å²) in [6, 6.07) is 0. The van der Waals surface area contributed by atoms with Crippen LogP contribution in [-0.2, 0) is 23.7 Å². The zero-order valence-corrected chi connectivity index (χ0v) is 10.4. The van der Waals surface area contributed by atoms with Crippen molar-refractivity contribution in [3.8, 4) is 0 Å². The van der Waals surface area contributed by atoms with Crippen molar-refractivity contribution in [1.82, 2.24) is 0 Å². The fourth-order valence-electron chi connectivity index (χ4n) is 1.53. The van der Waals surface area contributed by atoms with Crippen LogP contribution in [0.15, 0.2) is 24.5 Å². The Hall–Kier alpha value is -1.33. The van der Waals surface area contributed by atoms with Crippen LogP contribution < -0.4 is 0 Å². The monoisotopic (exact) mass is 242 g/mol. The summed E-state index contributed by atoms with van der Waals surface area (Å²) in [6.07, 6.45) is 3.11. The fourth-order valence-corrected chi connectivity index (χ4v) is 1.53. The van der Waals surface area contributed by atoms with E-state index in [1.54, 1.807) is 0 Å². The number of hydrogen-bond acceptors (Lipinski definition) is 5. The molecule has 1 rings (SSSR count). The predicted octanol–water partition coefficient (Wildman–Crippen LogP) is 1.40. The lowest BCUT2D eigenvalue weighted by Crippen LogP contribution is -2.33. The molecule has 1 atom stereocenters. The Balaban J connectivity index is 2.50. The smallest absolute Gasteiger partial charge is 0.330 e. The molecule has 5 nitrogen and oxygen atoms in total. The molecule has 0 aliphatic carbocycles. The molecule has 1 aliphatic rings. The molecule has 5 heteroatoms. The summed E-state index contributed by atoms with van der Waals surface area (Å²) in [6.45, 7) is 5.35. The van der Waals surface area contributed by atoms with Gasteiger partial charge < -0.3 is 18.9 Å². The van der Waals surface area contributed by atoms with Crippen LogP contribution in [0.2, 0.25) is 0 Å². The molecule has 0 aromatic heterocycles. The highest BCUT2D eigenvalue weighted by molar-refractivity contribution is 5.81. The molecule has 1 aliphatic heterocycles. The minimum absolute atomic E-state index is 0.165. The molecular weight excluding hydrogens is 224 g/mol. The summed E-state index contributed by atoms with van der Waals surface area (Å²) < 4.78 is 20.8. The van der Waals surface area contributed by atoms with Crippen molar-refractivity contribution in [3.05, 3.63) is 24.5 Å². The van der Waals surface area contributed by atoms with Crippen molar-refractivity contribution >= 4 is 5.97 Å². The van der Waals surface area contributed by atoms with E-state index in [1.165, 1.54) is 14.2 Å². The largest absolute Gasteiger partial charge is 0.483 e. The summed E-state index contributed by atoms with van der Waals surface area (Å²) in [5.74, 6) is 0.144. The van der Waals surface area contributed by atoms with Gasteiger partial charge in [0.1, 0.15) is 18.0 Å². The fraction of sp³-hybridized carbons (Fsp3) is 0.583. The molecule has 0 bridgehead atoms. The number of carbonyl (C=O) groups is 1. The van der Waals surface area contributed by atoms with E-state index in [2.05, 4.69) is 6.58 Å². The van der Waals surface area contributed by atoms with Crippen molar-refractivity contribution in [2.45, 2.75) is 25.2 Å². The Morgan fingerprint density at radius 2 is 2.29 bits per heavy atom. The highest BCUT2D eigenvalue weighted by Gasteiger charge is 2.35. The van der Waals surface area contributed by atoms with Crippen LogP contribution in [0, 0.1) is 0 Å². The van der Waals surface area contributed by atoms with Crippen molar-refractivity contribution < 1.29 is 23.7 Å². The van der Waals surface area contributed by atoms with Gasteiger partial charge >= 0.3 is 5.97 Å². The van der Waals surface area contributed by atoms with Gasteiger partial charge in [-0.05, 0) is 13.0 Å². The van der Waals surface area contributed by atoms with Gasteiger partial charge in [-0.25, -0.2) is 4.79 Å². The average molecular weight is 242 g/mol. The summed E-state index contributed by atoms with van der Waals surface area (Å²) in [4.78, 5) is 11.0. The number of rotatable bonds is 6. The van der Waals surface area contributed by atoms with Gasteiger partial charge in [-0.2, -0.15) is 0 Å². The maximum atomic E-state index is 11.0. The van der Waals surface area contributed by atoms with E-state index in [0.717, 1.165) is 6.08 Å². The first kappa shape index (κ1) is 13.7. The standard InChI is InChI=1S/C12H18O5/c1-5-10(13)16-8-12(2)7-6-9(17-12)11(14-3)15-4/h5-6,11H,1,7-8H2,2-4H3. The van der Waals surface area contributed by atoms with E-state index < -0.39 is 17.9 Å². The number of ether oxygens (including phenoxy) is 4. The van der Waals surface area contributed by atoms with Crippen LogP contribution in [0.1, 0.15) is 13.3 Å². The van der Waals surface area contributed by atoms with Gasteiger partial charge in [-0.1, -0.05) is 6.58 Å². The first-order valence-corrected chi connectivity index (χ1v) is 5.28. The number of carbonyl (C=O) groups excluding carboxylic acids is 1. The quantitative estimate of drug-likeness (QED) is 0.400. The third-order valence-electron chi connectivity index (χ3n) is 2.45. The molecule has 0 radical (unpaired) electrons. The van der Waals surface area contributed by atoms with Crippen molar-refractivity contribution in [2.24, 2.45) is 0 Å². The van der Waals surface area contributed by atoms with Crippen molar-refractivity contribution in [1.29, 1.82) is 0 Å². The molecular formula is C12H18O5. The molecule has 0 N–H and O–H groups in total. The van der Waals surface area contributed by atoms with Gasteiger partial charge in [0.2, 0.25) is 6.29 Å². The average Bonchev–Trinajstić information content (AvgIpc) is 2.71. The lowest BCUT2D eigenvalue weighted by molar-refractivity contribution is -0.151. The zero-order valence-electron chi connectivity index (χ0n) is 10.4. The molecule has 0 fully saturated rings. The minimum Gasteiger partial charge on any atom is -0.483 e. The third-order valence-corrected chi connectivity index (χ3v) is 2.45. The van der Waals surface area contributed by atoms with Crippen LogP contribution in [-0.4, -0.2) is 38.7 Å². The number of methoxy groups -OCH3 is 2. The van der Waals surface area contributed by atoms with Crippen LogP contribution in [0.5, 0.6) is 0 Å². The zero-order chi connectivity index (χ0) is 12.9. The van der Waals surface area contributed by atoms with E-state index in [9.17, 15) is 4.79 Å². The normalized spacial score (nSPS) is 23.2. The third kappa shape index (κ3) is 3.57. The molecule has 1 heterocycles. The maximum absolute atomic E-state index is 11.0. The SMILES string of the molecule is C=CC(=O)OCC1(C)CC=C(C(OC)OC)O1. The van der Waals surface area contributed by atoms with Gasteiger partial charge in [0.05, 0.1) is 0 Å². The first-order chi connectivity index (χ1) is 8.04. The summed E-state index contributed by atoms with van der Waals surface area (Å²) in [5, 5.41) is 0. The lowest BCUT2D eigenvalue weighted by Gasteiger charge is -2.26. The van der Waals surface area contributed by atoms with E-state index in [4.69, 9.17) is 18.9 Å². The van der Waals surface area contributed by atoms with Crippen LogP contribution in [0.3, 0.4) is 0 Å². The molecule has 0 saturated heterocycles. The maximum Gasteiger partial charge on any atom is 0.330 e. The minimum atomic E-state index is -0.566. The molecule has 0 saturated carbocycles. The van der Waals surface area contributed by atoms with Gasteiger partial charge in [0.15, 0.2) is 0 Å². The lowest BCUT2D eigenvalue weighted by atomic mass is 10.1. The topological polar surface area (TPSA) is 54.0 Å². The Bertz CT molecular complexity index is 319. The van der Waals surface area contributed by atoms with Crippen molar-refractivity contribution in [2.75, 3.05) is 20.8 Å². The van der Waals surface area contributed by atoms with E-state index in [1.807, 2.05) is 13.0 Å². The van der Waals surface area contributed by atoms with Crippen LogP contribution in [0.25, 0.3) is 0 Å². The molecule has 0 aromatic carbocycles. The van der Waals surface area contributed by atoms with E-state index in [0.29, 0.717) is 12.2 Å². The van der Waals surface area contributed by atoms with Crippen molar-refractivity contribution in [3.63, 3.8) is 0 Å². The Morgan fingerprint density at radius 1 is 1.65 bits per heavy atom. The molecule has 1 unspecified atom stereocenters. The summed E-state index contributed by atoms with van der Waals surface area (Å²) in [5.41, 5.74) is -0.566. The second-order valence-electron chi connectivity index (χ2n) is 3.98. The van der Waals surface area contributed by atoms with Gasteiger partial charge in [0, 0.05) is 26.7 Å². The van der Waals surface area contributed by atoms with Crippen LogP contribution >= 0.6 is 0 Å². The molecule has 0 amide bonds. The summed E-state index contributed by atoms with van der Waals surface area (Å²) >= 11 is 0. The Kier molecular flexibility index (Phi) is 4.72. The molecule has 96 valence electrons. The first-order valence-electron chi connectivity index (χ1n) is 5.28.